The second-order valence-corrected chi connectivity index (χ2v) is 8.14. The van der Waals surface area contributed by atoms with Crippen LogP contribution < -0.4 is 10.2 Å². The van der Waals surface area contributed by atoms with Crippen molar-refractivity contribution in [3.8, 4) is 0 Å². The van der Waals surface area contributed by atoms with Gasteiger partial charge in [0, 0.05) is 16.2 Å². The van der Waals surface area contributed by atoms with Gasteiger partial charge in [0.05, 0.1) is 11.3 Å². The highest BCUT2D eigenvalue weighted by Gasteiger charge is 2.44. The van der Waals surface area contributed by atoms with Crippen LogP contribution in [0.25, 0.3) is 0 Å². The number of hydrogen-bond donors (Lipinski definition) is 2. The van der Waals surface area contributed by atoms with E-state index in [1.165, 1.54) is 4.90 Å². The minimum Gasteiger partial charge on any atom is -0.481 e. The van der Waals surface area contributed by atoms with Gasteiger partial charge >= 0.3 is 5.97 Å². The monoisotopic (exact) mass is 408 g/mol. The molecule has 0 unspecified atom stereocenters. The third-order valence-corrected chi connectivity index (χ3v) is 5.68. The molecule has 1 saturated carbocycles. The quantitative estimate of drug-likeness (QED) is 0.800. The molecule has 134 valence electrons. The summed E-state index contributed by atoms with van der Waals surface area (Å²) in [5.74, 6) is -1.87. The first-order chi connectivity index (χ1) is 11.7. The summed E-state index contributed by atoms with van der Waals surface area (Å²) in [6.45, 7) is 3.59. The lowest BCUT2D eigenvalue weighted by Crippen LogP contribution is -2.47. The van der Waals surface area contributed by atoms with Crippen LogP contribution in [0.4, 0.5) is 5.69 Å². The van der Waals surface area contributed by atoms with Crippen molar-refractivity contribution in [1.82, 2.24) is 5.32 Å². The van der Waals surface area contributed by atoms with Gasteiger partial charge in [0.25, 0.3) is 0 Å². The van der Waals surface area contributed by atoms with Crippen LogP contribution in [0.2, 0.25) is 0 Å². The van der Waals surface area contributed by atoms with Crippen molar-refractivity contribution >= 4 is 39.4 Å². The first-order valence-corrected chi connectivity index (χ1v) is 9.15. The van der Waals surface area contributed by atoms with Gasteiger partial charge in [-0.2, -0.15) is 0 Å². The fraction of sp³-hybridized carbons (Fsp3) is 0.500. The second kappa shape index (κ2) is 6.44. The number of nitrogens with zero attached hydrogens (tertiary/aromatic N) is 1. The second-order valence-electron chi connectivity index (χ2n) is 7.23. The Balaban J connectivity index is 1.76. The molecule has 0 radical (unpaired) electrons. The first-order valence-electron chi connectivity index (χ1n) is 8.36. The molecule has 1 aromatic carbocycles. The fourth-order valence-electron chi connectivity index (χ4n) is 3.79. The maximum atomic E-state index is 12.8. The van der Waals surface area contributed by atoms with Crippen LogP contribution in [0.1, 0.15) is 38.7 Å². The summed E-state index contributed by atoms with van der Waals surface area (Å²) in [7, 11) is 0. The number of hydrogen-bond acceptors (Lipinski definition) is 3. The Kier molecular flexibility index (Phi) is 4.62. The largest absolute Gasteiger partial charge is 0.481 e. The van der Waals surface area contributed by atoms with Crippen molar-refractivity contribution in [2.24, 2.45) is 5.92 Å². The zero-order chi connectivity index (χ0) is 18.4. The number of fused-ring (bicyclic) bond motifs is 1. The molecular formula is C18H21BrN2O4. The summed E-state index contributed by atoms with van der Waals surface area (Å²) < 4.78 is 0.883. The molecule has 1 aromatic rings. The summed E-state index contributed by atoms with van der Waals surface area (Å²) in [6, 6.07) is 5.22. The number of rotatable bonds is 4. The van der Waals surface area contributed by atoms with Crippen LogP contribution in [0.3, 0.4) is 0 Å². The van der Waals surface area contributed by atoms with Crippen molar-refractivity contribution in [2.45, 2.75) is 44.6 Å². The van der Waals surface area contributed by atoms with Crippen LogP contribution >= 0.6 is 15.9 Å². The molecule has 1 aliphatic carbocycles. The van der Waals surface area contributed by atoms with Crippen LogP contribution in [0, 0.1) is 5.92 Å². The van der Waals surface area contributed by atoms with E-state index in [0.717, 1.165) is 22.1 Å². The number of benzene rings is 1. The zero-order valence-electron chi connectivity index (χ0n) is 14.2. The van der Waals surface area contributed by atoms with E-state index < -0.39 is 17.3 Å². The van der Waals surface area contributed by atoms with Gasteiger partial charge in [-0.25, -0.2) is 0 Å². The number of anilines is 1. The number of halogens is 1. The Morgan fingerprint density at radius 1 is 1.36 bits per heavy atom. The summed E-state index contributed by atoms with van der Waals surface area (Å²) in [4.78, 5) is 38.0. The van der Waals surface area contributed by atoms with Crippen molar-refractivity contribution < 1.29 is 19.5 Å². The predicted molar refractivity (Wildman–Crippen MR) is 96.4 cm³/mol. The molecule has 1 heterocycles. The van der Waals surface area contributed by atoms with E-state index in [9.17, 15) is 19.5 Å². The van der Waals surface area contributed by atoms with E-state index in [1.807, 2.05) is 32.0 Å². The zero-order valence-corrected chi connectivity index (χ0v) is 15.8. The summed E-state index contributed by atoms with van der Waals surface area (Å²) in [6.07, 6.45) is 2.02. The first kappa shape index (κ1) is 17.9. The lowest BCUT2D eigenvalue weighted by molar-refractivity contribution is -0.142. The maximum Gasteiger partial charge on any atom is 0.308 e. The van der Waals surface area contributed by atoms with Gasteiger partial charge in [-0.3, -0.25) is 14.4 Å². The lowest BCUT2D eigenvalue weighted by Gasteiger charge is -2.22. The third kappa shape index (κ3) is 3.17. The topological polar surface area (TPSA) is 86.7 Å². The average molecular weight is 409 g/mol. The molecule has 3 rings (SSSR count). The van der Waals surface area contributed by atoms with E-state index in [4.69, 9.17) is 0 Å². The van der Waals surface area contributed by atoms with Gasteiger partial charge in [-0.05, 0) is 50.5 Å². The van der Waals surface area contributed by atoms with Crippen molar-refractivity contribution in [3.63, 3.8) is 0 Å². The highest BCUT2D eigenvalue weighted by molar-refractivity contribution is 9.10. The SMILES string of the molecule is CC1(C)C(=O)N(CC(=O)N[C@H]2CCC[C@@H]2C(=O)O)c2ccc(Br)cc21. The van der Waals surface area contributed by atoms with Crippen molar-refractivity contribution in [1.29, 1.82) is 0 Å². The molecule has 0 saturated heterocycles. The highest BCUT2D eigenvalue weighted by atomic mass is 79.9. The van der Waals surface area contributed by atoms with E-state index in [2.05, 4.69) is 21.2 Å². The van der Waals surface area contributed by atoms with Crippen LogP contribution in [0.5, 0.6) is 0 Å². The molecule has 1 aliphatic heterocycles. The Morgan fingerprint density at radius 2 is 2.08 bits per heavy atom. The van der Waals surface area contributed by atoms with Crippen molar-refractivity contribution in [2.75, 3.05) is 11.4 Å². The van der Waals surface area contributed by atoms with Crippen LogP contribution in [0.15, 0.2) is 22.7 Å². The predicted octanol–water partition coefficient (Wildman–Crippen LogP) is 2.44. The number of amides is 2. The Hall–Kier alpha value is -1.89. The number of carboxylic acids is 1. The van der Waals surface area contributed by atoms with Gasteiger partial charge in [-0.1, -0.05) is 22.4 Å². The van der Waals surface area contributed by atoms with Gasteiger partial charge in [0.15, 0.2) is 0 Å². The molecule has 2 amide bonds. The number of carbonyl (C=O) groups excluding carboxylic acids is 2. The highest BCUT2D eigenvalue weighted by Crippen LogP contribution is 2.42. The Bertz CT molecular complexity index is 747. The molecule has 7 heteroatoms. The molecule has 0 spiro atoms. The molecule has 2 N–H and O–H groups in total. The maximum absolute atomic E-state index is 12.8. The minimum atomic E-state index is -0.878. The standard InChI is InChI=1S/C18H21BrN2O4/c1-18(2)12-8-10(19)6-7-14(12)21(17(18)25)9-15(22)20-13-5-3-4-11(13)16(23)24/h6-8,11,13H,3-5,9H2,1-2H3,(H,20,22)(H,23,24)/t11-,13-/m0/s1. The molecular weight excluding hydrogens is 388 g/mol. The van der Waals surface area contributed by atoms with Gasteiger partial charge in [-0.15, -0.1) is 0 Å². The lowest BCUT2D eigenvalue weighted by atomic mass is 9.86. The van der Waals surface area contributed by atoms with Crippen LogP contribution in [-0.2, 0) is 19.8 Å². The Morgan fingerprint density at radius 3 is 2.76 bits per heavy atom. The Labute approximate surface area is 154 Å². The van der Waals surface area contributed by atoms with Crippen molar-refractivity contribution in [3.05, 3.63) is 28.2 Å². The number of carboxylic acid groups (broad SMARTS) is 1. The molecule has 25 heavy (non-hydrogen) atoms. The molecule has 2 atom stereocenters. The average Bonchev–Trinajstić information content (AvgIpc) is 3.06. The normalized spacial score (nSPS) is 24.3. The number of carbonyl (C=O) groups is 3. The minimum absolute atomic E-state index is 0.0975. The van der Waals surface area contributed by atoms with Gasteiger partial charge < -0.3 is 15.3 Å². The molecule has 6 nitrogen and oxygen atoms in total. The van der Waals surface area contributed by atoms with Crippen LogP contribution in [-0.4, -0.2) is 35.5 Å². The number of nitrogens with one attached hydrogen (secondary N) is 1. The molecule has 2 aliphatic rings. The number of aliphatic carboxylic acids is 1. The van der Waals surface area contributed by atoms with E-state index in [0.29, 0.717) is 12.8 Å². The summed E-state index contributed by atoms with van der Waals surface area (Å²) in [5, 5.41) is 12.0. The molecule has 0 aromatic heterocycles. The molecule has 1 fully saturated rings. The van der Waals surface area contributed by atoms with Gasteiger partial charge in [0.1, 0.15) is 6.54 Å². The fourth-order valence-corrected chi connectivity index (χ4v) is 4.15. The smallest absolute Gasteiger partial charge is 0.308 e. The summed E-state index contributed by atoms with van der Waals surface area (Å²) in [5.41, 5.74) is 0.912. The summed E-state index contributed by atoms with van der Waals surface area (Å²) >= 11 is 3.42. The van der Waals surface area contributed by atoms with E-state index in [1.54, 1.807) is 0 Å². The third-order valence-electron chi connectivity index (χ3n) is 5.18. The van der Waals surface area contributed by atoms with E-state index in [-0.39, 0.29) is 24.4 Å². The molecule has 0 bridgehead atoms. The van der Waals surface area contributed by atoms with E-state index >= 15 is 0 Å². The van der Waals surface area contributed by atoms with Gasteiger partial charge in [0.2, 0.25) is 11.8 Å².